The fraction of sp³-hybridized carbons (Fsp3) is 0.143. The van der Waals surface area contributed by atoms with Crippen molar-refractivity contribution in [2.75, 3.05) is 30.8 Å². The molecule has 2 N–H and O–H groups in total. The minimum Gasteiger partial charge on any atom is -0.497 e. The Balaban J connectivity index is 1.99. The van der Waals surface area contributed by atoms with E-state index in [-0.39, 0.29) is 22.9 Å². The molecule has 3 aromatic carbocycles. The Morgan fingerprint density at radius 3 is 1.59 bits per heavy atom. The zero-order chi connectivity index (χ0) is 25.1. The summed E-state index contributed by atoms with van der Waals surface area (Å²) in [6.45, 7) is 0. The highest BCUT2D eigenvalue weighted by Crippen LogP contribution is 2.31. The molecule has 0 spiro atoms. The molecule has 0 aromatic heterocycles. The number of methoxy groups -OCH3 is 3. The van der Waals surface area contributed by atoms with Gasteiger partial charge >= 0.3 is 0 Å². The molecule has 34 heavy (non-hydrogen) atoms. The van der Waals surface area contributed by atoms with Crippen LogP contribution in [0.25, 0.3) is 0 Å². The number of hydrogen-bond donors (Lipinski definition) is 2. The van der Waals surface area contributed by atoms with Crippen molar-refractivity contribution >= 4 is 31.4 Å². The van der Waals surface area contributed by atoms with E-state index < -0.39 is 47.2 Å². The van der Waals surface area contributed by atoms with Crippen molar-refractivity contribution in [1.82, 2.24) is 0 Å². The monoisotopic (exact) mass is 514 g/mol. The third-order valence-electron chi connectivity index (χ3n) is 4.58. The van der Waals surface area contributed by atoms with Crippen LogP contribution in [0.15, 0.2) is 64.4 Å². The molecular weight excluding hydrogens is 494 g/mol. The lowest BCUT2D eigenvalue weighted by Crippen LogP contribution is -2.18. The fourth-order valence-electron chi connectivity index (χ4n) is 2.85. The lowest BCUT2D eigenvalue weighted by molar-refractivity contribution is 0.402. The highest BCUT2D eigenvalue weighted by molar-refractivity contribution is 7.93. The van der Waals surface area contributed by atoms with Gasteiger partial charge in [-0.2, -0.15) is 0 Å². The molecule has 9 nitrogen and oxygen atoms in total. The van der Waals surface area contributed by atoms with Crippen molar-refractivity contribution in [1.29, 1.82) is 0 Å². The number of rotatable bonds is 9. The molecule has 0 aliphatic heterocycles. The molecule has 0 bridgehead atoms. The lowest BCUT2D eigenvalue weighted by Gasteiger charge is -2.15. The fourth-order valence-corrected chi connectivity index (χ4v) is 5.28. The van der Waals surface area contributed by atoms with Gasteiger partial charge in [-0.25, -0.2) is 25.6 Å². The first kappa shape index (κ1) is 25.1. The van der Waals surface area contributed by atoms with Crippen LogP contribution in [0.1, 0.15) is 0 Å². The topological polar surface area (TPSA) is 120 Å². The number of sulfonamides is 2. The quantitative estimate of drug-likeness (QED) is 0.448. The summed E-state index contributed by atoms with van der Waals surface area (Å²) < 4.78 is 99.0. The largest absolute Gasteiger partial charge is 0.497 e. The van der Waals surface area contributed by atoms with Gasteiger partial charge in [0.1, 0.15) is 22.1 Å². The van der Waals surface area contributed by atoms with E-state index >= 15 is 0 Å². The highest BCUT2D eigenvalue weighted by Gasteiger charge is 2.26. The average molecular weight is 515 g/mol. The van der Waals surface area contributed by atoms with Crippen LogP contribution in [0.2, 0.25) is 0 Å². The summed E-state index contributed by atoms with van der Waals surface area (Å²) in [4.78, 5) is -1.08. The summed E-state index contributed by atoms with van der Waals surface area (Å²) in [5, 5.41) is 0. The van der Waals surface area contributed by atoms with Gasteiger partial charge in [0.05, 0.1) is 37.6 Å². The van der Waals surface area contributed by atoms with Gasteiger partial charge in [-0.1, -0.05) is 0 Å². The van der Waals surface area contributed by atoms with Crippen molar-refractivity contribution in [3.05, 3.63) is 66.2 Å². The van der Waals surface area contributed by atoms with Gasteiger partial charge in [-0.15, -0.1) is 0 Å². The first-order chi connectivity index (χ1) is 16.0. The molecule has 3 rings (SSSR count). The Bertz CT molecular complexity index is 1430. The van der Waals surface area contributed by atoms with E-state index in [0.29, 0.717) is 0 Å². The molecule has 0 heterocycles. The highest BCUT2D eigenvalue weighted by atomic mass is 32.2. The third kappa shape index (κ3) is 5.31. The Labute approximate surface area is 195 Å². The standard InChI is InChI=1S/C21H20F2N2O7S2/c1-30-13-4-7-18(16(22)10-13)24-33(26,27)15-6-9-20(32-3)21(12-15)34(28,29)25-19-8-5-14(31-2)11-17(19)23/h4-12,24-25H,1-3H3. The number of nitrogens with one attached hydrogen (secondary N) is 2. The predicted molar refractivity (Wildman–Crippen MR) is 121 cm³/mol. The van der Waals surface area contributed by atoms with Gasteiger partial charge in [0.25, 0.3) is 20.0 Å². The maximum Gasteiger partial charge on any atom is 0.265 e. The Hall–Kier alpha value is -3.58. The smallest absolute Gasteiger partial charge is 0.265 e. The molecule has 0 aliphatic carbocycles. The summed E-state index contributed by atoms with van der Waals surface area (Å²) in [5.41, 5.74) is -0.769. The Morgan fingerprint density at radius 2 is 1.15 bits per heavy atom. The van der Waals surface area contributed by atoms with E-state index in [1.54, 1.807) is 0 Å². The molecule has 182 valence electrons. The van der Waals surface area contributed by atoms with E-state index in [0.717, 1.165) is 42.5 Å². The summed E-state index contributed by atoms with van der Waals surface area (Å²) in [6, 6.07) is 9.94. The summed E-state index contributed by atoms with van der Waals surface area (Å²) >= 11 is 0. The molecule has 0 atom stereocenters. The van der Waals surface area contributed by atoms with E-state index in [1.807, 2.05) is 0 Å². The molecular formula is C21H20F2N2O7S2. The van der Waals surface area contributed by atoms with Crippen molar-refractivity contribution in [3.8, 4) is 17.2 Å². The summed E-state index contributed by atoms with van der Waals surface area (Å²) in [6.07, 6.45) is 0. The van der Waals surface area contributed by atoms with Crippen molar-refractivity contribution in [3.63, 3.8) is 0 Å². The second-order valence-corrected chi connectivity index (χ2v) is 10.0. The second-order valence-electron chi connectivity index (χ2n) is 6.72. The first-order valence-corrected chi connectivity index (χ1v) is 12.4. The molecule has 0 radical (unpaired) electrons. The Morgan fingerprint density at radius 1 is 0.647 bits per heavy atom. The molecule has 0 unspecified atom stereocenters. The molecule has 0 saturated heterocycles. The zero-order valence-electron chi connectivity index (χ0n) is 18.1. The van der Waals surface area contributed by atoms with Crippen LogP contribution in [0.5, 0.6) is 17.2 Å². The minimum atomic E-state index is -4.51. The molecule has 0 fully saturated rings. The molecule has 0 saturated carbocycles. The van der Waals surface area contributed by atoms with E-state index in [2.05, 4.69) is 9.44 Å². The third-order valence-corrected chi connectivity index (χ3v) is 7.33. The predicted octanol–water partition coefficient (Wildman–Crippen LogP) is 3.59. The van der Waals surface area contributed by atoms with Gasteiger partial charge in [-0.3, -0.25) is 9.44 Å². The molecule has 3 aromatic rings. The first-order valence-electron chi connectivity index (χ1n) is 9.41. The van der Waals surface area contributed by atoms with Crippen LogP contribution in [-0.4, -0.2) is 38.2 Å². The summed E-state index contributed by atoms with van der Waals surface area (Å²) in [7, 11) is -5.11. The van der Waals surface area contributed by atoms with Crippen molar-refractivity contribution in [2.24, 2.45) is 0 Å². The molecule has 0 amide bonds. The van der Waals surface area contributed by atoms with Crippen LogP contribution >= 0.6 is 0 Å². The van der Waals surface area contributed by atoms with Crippen LogP contribution in [0.4, 0.5) is 20.2 Å². The number of ether oxygens (including phenoxy) is 3. The number of anilines is 2. The van der Waals surface area contributed by atoms with Gasteiger partial charge < -0.3 is 14.2 Å². The number of benzene rings is 3. The van der Waals surface area contributed by atoms with Gasteiger partial charge in [0.2, 0.25) is 0 Å². The van der Waals surface area contributed by atoms with Crippen molar-refractivity contribution in [2.45, 2.75) is 9.79 Å². The summed E-state index contributed by atoms with van der Waals surface area (Å²) in [5.74, 6) is -1.67. The Kier molecular flexibility index (Phi) is 7.17. The maximum absolute atomic E-state index is 14.3. The second kappa shape index (κ2) is 9.73. The number of hydrogen-bond acceptors (Lipinski definition) is 7. The van der Waals surface area contributed by atoms with Gasteiger partial charge in [-0.05, 0) is 42.5 Å². The minimum absolute atomic E-state index is 0.169. The SMILES string of the molecule is COc1ccc(NS(=O)(=O)c2ccc(OC)c(S(=O)(=O)Nc3ccc(OC)cc3F)c2)c(F)c1. The number of halogens is 2. The molecule has 13 heteroatoms. The van der Waals surface area contributed by atoms with Gasteiger partial charge in [0.15, 0.2) is 11.6 Å². The van der Waals surface area contributed by atoms with E-state index in [1.165, 1.54) is 33.5 Å². The van der Waals surface area contributed by atoms with E-state index in [9.17, 15) is 25.6 Å². The lowest BCUT2D eigenvalue weighted by atomic mass is 10.3. The van der Waals surface area contributed by atoms with Crippen molar-refractivity contribution < 1.29 is 39.8 Å². The van der Waals surface area contributed by atoms with Crippen LogP contribution in [0, 0.1) is 11.6 Å². The maximum atomic E-state index is 14.3. The average Bonchev–Trinajstić information content (AvgIpc) is 2.81. The zero-order valence-corrected chi connectivity index (χ0v) is 19.8. The normalized spacial score (nSPS) is 11.6. The van der Waals surface area contributed by atoms with Crippen LogP contribution < -0.4 is 23.7 Å². The van der Waals surface area contributed by atoms with Crippen LogP contribution in [0.3, 0.4) is 0 Å². The molecule has 0 aliphatic rings. The van der Waals surface area contributed by atoms with E-state index in [4.69, 9.17) is 14.2 Å². The van der Waals surface area contributed by atoms with Gasteiger partial charge in [0, 0.05) is 12.1 Å². The van der Waals surface area contributed by atoms with Crippen LogP contribution in [-0.2, 0) is 20.0 Å².